The summed E-state index contributed by atoms with van der Waals surface area (Å²) >= 11 is 1.85. The van der Waals surface area contributed by atoms with E-state index < -0.39 is 0 Å². The van der Waals surface area contributed by atoms with E-state index in [-0.39, 0.29) is 24.0 Å². The summed E-state index contributed by atoms with van der Waals surface area (Å²) in [6, 6.07) is 8.77. The highest BCUT2D eigenvalue weighted by Gasteiger charge is 2.24. The lowest BCUT2D eigenvalue weighted by Gasteiger charge is -2.29. The van der Waals surface area contributed by atoms with Crippen molar-refractivity contribution in [2.45, 2.75) is 38.0 Å². The van der Waals surface area contributed by atoms with E-state index in [0.717, 1.165) is 44.4 Å². The molecule has 1 aromatic rings. The van der Waals surface area contributed by atoms with Crippen LogP contribution in [-0.4, -0.2) is 62.2 Å². The highest BCUT2D eigenvalue weighted by molar-refractivity contribution is 14.0. The van der Waals surface area contributed by atoms with E-state index in [4.69, 9.17) is 9.73 Å². The molecule has 2 atom stereocenters. The fourth-order valence-electron chi connectivity index (χ4n) is 3.19. The molecule has 1 heterocycles. The maximum atomic E-state index is 5.43. The Hall–Kier alpha value is -0.670. The van der Waals surface area contributed by atoms with Crippen LogP contribution in [0.5, 0.6) is 5.75 Å². The second-order valence-electron chi connectivity index (χ2n) is 6.68. The molecule has 2 unspecified atom stereocenters. The number of rotatable bonds is 9. The van der Waals surface area contributed by atoms with E-state index >= 15 is 0 Å². The van der Waals surface area contributed by atoms with Crippen LogP contribution in [0, 0.1) is 0 Å². The normalized spacial score (nSPS) is 17.1. The molecule has 2 rings (SSSR count). The second kappa shape index (κ2) is 13.5. The molecule has 0 bridgehead atoms. The third kappa shape index (κ3) is 8.07. The lowest BCUT2D eigenvalue weighted by Crippen LogP contribution is -2.43. The van der Waals surface area contributed by atoms with Crippen LogP contribution in [0.15, 0.2) is 29.3 Å². The lowest BCUT2D eigenvalue weighted by atomic mass is 10.1. The summed E-state index contributed by atoms with van der Waals surface area (Å²) in [5.41, 5.74) is 1.30. The van der Waals surface area contributed by atoms with Gasteiger partial charge in [-0.2, -0.15) is 11.8 Å². The topological polar surface area (TPSA) is 48.9 Å². The van der Waals surface area contributed by atoms with Crippen LogP contribution in [0.3, 0.4) is 0 Å². The maximum absolute atomic E-state index is 5.43. The number of nitrogens with one attached hydrogen (secondary N) is 2. The number of hydrogen-bond donors (Lipinski definition) is 2. The number of likely N-dealkylation sites (tertiary alicyclic amines) is 1. The molecule has 154 valence electrons. The zero-order chi connectivity index (χ0) is 18.8. The average Bonchev–Trinajstić information content (AvgIpc) is 3.20. The third-order valence-electron chi connectivity index (χ3n) is 4.78. The summed E-state index contributed by atoms with van der Waals surface area (Å²) in [6.45, 7) is 9.15. The van der Waals surface area contributed by atoms with Gasteiger partial charge in [0.1, 0.15) is 5.75 Å². The smallest absolute Gasteiger partial charge is 0.191 e. The number of guanidine groups is 1. The van der Waals surface area contributed by atoms with Crippen molar-refractivity contribution in [2.24, 2.45) is 4.99 Å². The third-order valence-corrected chi connectivity index (χ3v) is 5.73. The number of aliphatic imine (C=N–C) groups is 1. The van der Waals surface area contributed by atoms with Gasteiger partial charge in [0.15, 0.2) is 5.96 Å². The Kier molecular flexibility index (Phi) is 12.2. The number of nitrogens with zero attached hydrogens (tertiary/aromatic N) is 2. The maximum Gasteiger partial charge on any atom is 0.191 e. The fraction of sp³-hybridized carbons (Fsp3) is 0.650. The minimum Gasteiger partial charge on any atom is -0.497 e. The lowest BCUT2D eigenvalue weighted by molar-refractivity contribution is 0.245. The molecule has 2 N–H and O–H groups in total. The Morgan fingerprint density at radius 3 is 2.67 bits per heavy atom. The number of ether oxygens (including phenoxy) is 1. The van der Waals surface area contributed by atoms with Gasteiger partial charge in [0.25, 0.3) is 0 Å². The molecule has 0 saturated carbocycles. The molecule has 27 heavy (non-hydrogen) atoms. The molecule has 0 aliphatic carbocycles. The molecule has 0 radical (unpaired) electrons. The molecule has 1 aromatic carbocycles. The van der Waals surface area contributed by atoms with Crippen LogP contribution in [0.2, 0.25) is 0 Å². The molecule has 7 heteroatoms. The van der Waals surface area contributed by atoms with Gasteiger partial charge in [-0.25, -0.2) is 0 Å². The monoisotopic (exact) mass is 506 g/mol. The minimum atomic E-state index is 0. The van der Waals surface area contributed by atoms with E-state index in [0.29, 0.717) is 11.3 Å². The van der Waals surface area contributed by atoms with Gasteiger partial charge in [-0.05, 0) is 56.8 Å². The average molecular weight is 506 g/mol. The predicted octanol–water partition coefficient (Wildman–Crippen LogP) is 3.76. The van der Waals surface area contributed by atoms with Gasteiger partial charge >= 0.3 is 0 Å². The van der Waals surface area contributed by atoms with Gasteiger partial charge in [0, 0.05) is 18.3 Å². The highest BCUT2D eigenvalue weighted by Crippen LogP contribution is 2.27. The summed E-state index contributed by atoms with van der Waals surface area (Å²) in [5.74, 6) is 1.82. The Morgan fingerprint density at radius 1 is 1.30 bits per heavy atom. The Balaban J connectivity index is 0.00000364. The standard InChI is InChI=1S/C20H34N4OS.HI/c1-5-21-20(22-14-16(2)26-4)23-15-19(24-11-6-7-12-24)17-9-8-10-18(13-17)25-3;/h8-10,13,16,19H,5-7,11-12,14-15H2,1-4H3,(H2,21,22,23);1H. The Bertz CT molecular complexity index is 567. The van der Waals surface area contributed by atoms with E-state index in [1.165, 1.54) is 18.4 Å². The Labute approximate surface area is 186 Å². The molecule has 1 saturated heterocycles. The van der Waals surface area contributed by atoms with Crippen molar-refractivity contribution < 1.29 is 4.74 Å². The zero-order valence-electron chi connectivity index (χ0n) is 17.0. The first-order valence-corrected chi connectivity index (χ1v) is 10.9. The number of benzene rings is 1. The quantitative estimate of drug-likeness (QED) is 0.304. The molecule has 1 fully saturated rings. The summed E-state index contributed by atoms with van der Waals surface area (Å²) in [6.07, 6.45) is 4.69. The first-order chi connectivity index (χ1) is 12.7. The van der Waals surface area contributed by atoms with E-state index in [1.54, 1.807) is 7.11 Å². The number of hydrogen-bond acceptors (Lipinski definition) is 4. The summed E-state index contributed by atoms with van der Waals surface area (Å²) in [4.78, 5) is 7.31. The van der Waals surface area contributed by atoms with Crippen molar-refractivity contribution in [3.05, 3.63) is 29.8 Å². The van der Waals surface area contributed by atoms with Crippen molar-refractivity contribution in [2.75, 3.05) is 46.1 Å². The van der Waals surface area contributed by atoms with Crippen LogP contribution in [0.25, 0.3) is 0 Å². The van der Waals surface area contributed by atoms with Gasteiger partial charge in [-0.1, -0.05) is 19.1 Å². The van der Waals surface area contributed by atoms with Crippen LogP contribution in [-0.2, 0) is 0 Å². The van der Waals surface area contributed by atoms with Crippen LogP contribution in [0.4, 0.5) is 0 Å². The second-order valence-corrected chi connectivity index (χ2v) is 7.96. The number of thioether (sulfide) groups is 1. The van der Waals surface area contributed by atoms with Gasteiger partial charge in [0.2, 0.25) is 0 Å². The molecule has 5 nitrogen and oxygen atoms in total. The van der Waals surface area contributed by atoms with Crippen molar-refractivity contribution in [3.8, 4) is 5.75 Å². The molecular formula is C20H35IN4OS. The number of halogens is 1. The van der Waals surface area contributed by atoms with Crippen LogP contribution in [0.1, 0.15) is 38.3 Å². The predicted molar refractivity (Wildman–Crippen MR) is 129 cm³/mol. The summed E-state index contributed by atoms with van der Waals surface area (Å²) in [5, 5.41) is 7.45. The highest BCUT2D eigenvalue weighted by atomic mass is 127. The van der Waals surface area contributed by atoms with Gasteiger partial charge in [0.05, 0.1) is 19.7 Å². The molecular weight excluding hydrogens is 471 g/mol. The first-order valence-electron chi connectivity index (χ1n) is 9.60. The molecule has 0 amide bonds. The molecule has 1 aliphatic heterocycles. The van der Waals surface area contributed by atoms with E-state index in [1.807, 2.05) is 17.8 Å². The molecule has 1 aliphatic rings. The minimum absolute atomic E-state index is 0. The molecule has 0 aromatic heterocycles. The van der Waals surface area contributed by atoms with Crippen molar-refractivity contribution in [1.29, 1.82) is 0 Å². The van der Waals surface area contributed by atoms with Gasteiger partial charge in [-0.15, -0.1) is 24.0 Å². The first kappa shape index (κ1) is 24.4. The van der Waals surface area contributed by atoms with Crippen molar-refractivity contribution in [1.82, 2.24) is 15.5 Å². The van der Waals surface area contributed by atoms with Crippen LogP contribution < -0.4 is 15.4 Å². The summed E-state index contributed by atoms with van der Waals surface area (Å²) in [7, 11) is 1.73. The van der Waals surface area contributed by atoms with Crippen molar-refractivity contribution in [3.63, 3.8) is 0 Å². The van der Waals surface area contributed by atoms with Gasteiger partial charge in [-0.3, -0.25) is 9.89 Å². The van der Waals surface area contributed by atoms with E-state index in [2.05, 4.69) is 53.8 Å². The number of methoxy groups -OCH3 is 1. The summed E-state index contributed by atoms with van der Waals surface area (Å²) < 4.78 is 5.43. The largest absolute Gasteiger partial charge is 0.497 e. The SMILES string of the molecule is CCNC(=NCC(C)SC)NCC(c1cccc(OC)c1)N1CCCC1.I. The van der Waals surface area contributed by atoms with Crippen molar-refractivity contribution >= 4 is 41.7 Å². The molecule has 0 spiro atoms. The van der Waals surface area contributed by atoms with E-state index in [9.17, 15) is 0 Å². The van der Waals surface area contributed by atoms with Gasteiger partial charge < -0.3 is 15.4 Å². The fourth-order valence-corrected chi connectivity index (χ4v) is 3.41. The Morgan fingerprint density at radius 2 is 2.04 bits per heavy atom. The van der Waals surface area contributed by atoms with Crippen LogP contribution >= 0.6 is 35.7 Å². The zero-order valence-corrected chi connectivity index (χ0v) is 20.2.